The highest BCUT2D eigenvalue weighted by molar-refractivity contribution is 6.22. The van der Waals surface area contributed by atoms with E-state index in [9.17, 15) is 14.4 Å². The maximum absolute atomic E-state index is 12.2. The molecule has 0 radical (unpaired) electrons. The molecular weight excluding hydrogens is 315 g/mol. The number of fused-ring (bicyclic) bond motifs is 1. The molecule has 1 aliphatic heterocycles. The first kappa shape index (κ1) is 15.8. The molecule has 0 unspecified atom stereocenters. The van der Waals surface area contributed by atoms with Crippen LogP contribution in [0.3, 0.4) is 0 Å². The molecule has 0 fully saturated rings. The lowest BCUT2D eigenvalue weighted by molar-refractivity contribution is -0.131. The van der Waals surface area contributed by atoms with E-state index in [-0.39, 0.29) is 24.2 Å². The summed E-state index contributed by atoms with van der Waals surface area (Å²) in [5, 5.41) is 0. The molecule has 0 bridgehead atoms. The third-order valence-corrected chi connectivity index (χ3v) is 3.57. The molecule has 0 aromatic heterocycles. The number of carbonyl (C=O) groups excluding carboxylic acids is 3. The van der Waals surface area contributed by atoms with E-state index in [1.165, 1.54) is 4.90 Å². The van der Waals surface area contributed by atoms with Crippen molar-refractivity contribution in [2.45, 2.75) is 0 Å². The highest BCUT2D eigenvalue weighted by atomic mass is 35.5. The third-order valence-electron chi connectivity index (χ3n) is 3.23. The Labute approximate surface area is 132 Å². The number of amides is 3. The number of nitrogens with zero attached hydrogens (tertiary/aromatic N) is 2. The van der Waals surface area contributed by atoms with Gasteiger partial charge in [-0.3, -0.25) is 19.3 Å². The molecule has 7 heteroatoms. The van der Waals surface area contributed by atoms with Crippen molar-refractivity contribution in [3.05, 3.63) is 35.4 Å². The van der Waals surface area contributed by atoms with E-state index >= 15 is 0 Å². The van der Waals surface area contributed by atoms with Crippen LogP contribution in [0.1, 0.15) is 20.7 Å². The van der Waals surface area contributed by atoms with Gasteiger partial charge in [0.05, 0.1) is 11.1 Å². The highest BCUT2D eigenvalue weighted by Crippen LogP contribution is 2.22. The van der Waals surface area contributed by atoms with E-state index in [1.807, 2.05) is 0 Å². The van der Waals surface area contributed by atoms with Crippen molar-refractivity contribution in [1.82, 2.24) is 9.80 Å². The Bertz CT molecular complexity index is 536. The van der Waals surface area contributed by atoms with Gasteiger partial charge in [-0.15, -0.1) is 23.2 Å². The van der Waals surface area contributed by atoms with Crippen LogP contribution in [-0.4, -0.2) is 58.9 Å². The number of halogens is 2. The molecule has 0 atom stereocenters. The van der Waals surface area contributed by atoms with Gasteiger partial charge in [0.2, 0.25) is 5.91 Å². The Morgan fingerprint density at radius 3 is 1.90 bits per heavy atom. The van der Waals surface area contributed by atoms with Crippen molar-refractivity contribution in [2.75, 3.05) is 31.4 Å². The molecule has 5 nitrogen and oxygen atoms in total. The summed E-state index contributed by atoms with van der Waals surface area (Å²) < 4.78 is 0. The molecule has 112 valence electrons. The van der Waals surface area contributed by atoms with Crippen molar-refractivity contribution >= 4 is 40.9 Å². The monoisotopic (exact) mass is 328 g/mol. The van der Waals surface area contributed by atoms with Gasteiger partial charge >= 0.3 is 0 Å². The molecule has 1 aliphatic rings. The number of hydrogen-bond acceptors (Lipinski definition) is 3. The first-order chi connectivity index (χ1) is 10.1. The molecule has 3 amide bonds. The summed E-state index contributed by atoms with van der Waals surface area (Å²) in [6, 6.07) is 6.52. The van der Waals surface area contributed by atoms with Crippen molar-refractivity contribution in [1.29, 1.82) is 0 Å². The molecule has 21 heavy (non-hydrogen) atoms. The number of hydrogen-bond donors (Lipinski definition) is 0. The second kappa shape index (κ2) is 6.91. The van der Waals surface area contributed by atoms with Crippen LogP contribution in [-0.2, 0) is 4.79 Å². The summed E-state index contributed by atoms with van der Waals surface area (Å²) in [4.78, 5) is 38.9. The maximum atomic E-state index is 12.2. The Morgan fingerprint density at radius 1 is 1.00 bits per heavy atom. The maximum Gasteiger partial charge on any atom is 0.262 e. The number of carbonyl (C=O) groups is 3. The number of imide groups is 1. The van der Waals surface area contributed by atoms with Gasteiger partial charge in [-0.05, 0) is 12.1 Å². The van der Waals surface area contributed by atoms with Gasteiger partial charge in [0, 0.05) is 24.8 Å². The predicted octanol–water partition coefficient (Wildman–Crippen LogP) is 1.59. The summed E-state index contributed by atoms with van der Waals surface area (Å²) in [6.45, 7) is 0.368. The van der Waals surface area contributed by atoms with Gasteiger partial charge in [0.25, 0.3) is 11.8 Å². The largest absolute Gasteiger partial charge is 0.339 e. The minimum Gasteiger partial charge on any atom is -0.339 e. The third kappa shape index (κ3) is 3.19. The lowest BCUT2D eigenvalue weighted by Gasteiger charge is -2.23. The molecule has 1 heterocycles. The second-order valence-electron chi connectivity index (χ2n) is 4.50. The Hall–Kier alpha value is -1.59. The summed E-state index contributed by atoms with van der Waals surface area (Å²) in [7, 11) is 0. The van der Waals surface area contributed by atoms with Crippen molar-refractivity contribution < 1.29 is 14.4 Å². The fourth-order valence-electron chi connectivity index (χ4n) is 2.18. The number of rotatable bonds is 6. The molecule has 0 saturated heterocycles. The van der Waals surface area contributed by atoms with Crippen LogP contribution in [0, 0.1) is 0 Å². The number of alkyl halides is 2. The van der Waals surface area contributed by atoms with E-state index in [0.717, 1.165) is 4.90 Å². The first-order valence-electron chi connectivity index (χ1n) is 6.45. The van der Waals surface area contributed by atoms with Gasteiger partial charge in [-0.2, -0.15) is 0 Å². The van der Waals surface area contributed by atoms with Crippen LogP contribution in [0.5, 0.6) is 0 Å². The van der Waals surface area contributed by atoms with Gasteiger partial charge in [-0.1, -0.05) is 12.1 Å². The van der Waals surface area contributed by atoms with Gasteiger partial charge in [0.1, 0.15) is 6.54 Å². The van der Waals surface area contributed by atoms with Crippen molar-refractivity contribution in [3.8, 4) is 0 Å². The second-order valence-corrected chi connectivity index (χ2v) is 5.26. The van der Waals surface area contributed by atoms with Crippen molar-refractivity contribution in [2.24, 2.45) is 0 Å². The van der Waals surface area contributed by atoms with E-state index in [0.29, 0.717) is 24.2 Å². The minimum atomic E-state index is -0.444. The van der Waals surface area contributed by atoms with E-state index in [4.69, 9.17) is 23.2 Å². The fourth-order valence-corrected chi connectivity index (χ4v) is 2.59. The smallest absolute Gasteiger partial charge is 0.262 e. The molecule has 0 spiro atoms. The summed E-state index contributed by atoms with van der Waals surface area (Å²) >= 11 is 11.3. The standard InChI is InChI=1S/C14H14Cl2N2O3/c15-5-7-17(8-6-16)12(19)9-18-13(20)10-3-1-2-4-11(10)14(18)21/h1-4H,5-9H2. The number of benzene rings is 1. The Balaban J connectivity index is 2.12. The molecule has 0 aliphatic carbocycles. The Kier molecular flexibility index (Phi) is 5.20. The average molecular weight is 329 g/mol. The average Bonchev–Trinajstić information content (AvgIpc) is 2.72. The normalized spacial score (nSPS) is 13.5. The fraction of sp³-hybridized carbons (Fsp3) is 0.357. The van der Waals surface area contributed by atoms with Gasteiger partial charge in [-0.25, -0.2) is 0 Å². The van der Waals surface area contributed by atoms with Crippen LogP contribution >= 0.6 is 23.2 Å². The summed E-state index contributed by atoms with van der Waals surface area (Å²) in [5.74, 6) is -0.692. The van der Waals surface area contributed by atoms with Crippen molar-refractivity contribution in [3.63, 3.8) is 0 Å². The molecule has 0 N–H and O–H groups in total. The molecule has 0 saturated carbocycles. The minimum absolute atomic E-state index is 0.269. The molecule has 1 aromatic rings. The lowest BCUT2D eigenvalue weighted by atomic mass is 10.1. The van der Waals surface area contributed by atoms with Crippen LogP contribution in [0.15, 0.2) is 24.3 Å². The van der Waals surface area contributed by atoms with E-state index < -0.39 is 11.8 Å². The summed E-state index contributed by atoms with van der Waals surface area (Å²) in [5.41, 5.74) is 0.660. The zero-order valence-electron chi connectivity index (χ0n) is 11.2. The Morgan fingerprint density at radius 2 is 1.48 bits per heavy atom. The van der Waals surface area contributed by atoms with Crippen LogP contribution in [0.2, 0.25) is 0 Å². The van der Waals surface area contributed by atoms with Crippen LogP contribution in [0.4, 0.5) is 0 Å². The van der Waals surface area contributed by atoms with Gasteiger partial charge < -0.3 is 4.90 Å². The van der Waals surface area contributed by atoms with E-state index in [1.54, 1.807) is 24.3 Å². The molecule has 1 aromatic carbocycles. The summed E-state index contributed by atoms with van der Waals surface area (Å²) in [6.07, 6.45) is 0. The highest BCUT2D eigenvalue weighted by Gasteiger charge is 2.36. The van der Waals surface area contributed by atoms with Crippen LogP contribution in [0.25, 0.3) is 0 Å². The molecule has 2 rings (SSSR count). The van der Waals surface area contributed by atoms with E-state index in [2.05, 4.69) is 0 Å². The first-order valence-corrected chi connectivity index (χ1v) is 7.52. The topological polar surface area (TPSA) is 57.7 Å². The quantitative estimate of drug-likeness (QED) is 0.588. The SMILES string of the molecule is O=C(CN1C(=O)c2ccccc2C1=O)N(CCCl)CCCl. The van der Waals surface area contributed by atoms with Gasteiger partial charge in [0.15, 0.2) is 0 Å². The zero-order valence-corrected chi connectivity index (χ0v) is 12.7. The van der Waals surface area contributed by atoms with Crippen LogP contribution < -0.4 is 0 Å². The predicted molar refractivity (Wildman–Crippen MR) is 79.8 cm³/mol. The molecular formula is C14H14Cl2N2O3. The zero-order chi connectivity index (χ0) is 15.4. The lowest BCUT2D eigenvalue weighted by Crippen LogP contribution is -2.44.